The molecule has 1 aromatic heterocycles. The van der Waals surface area contributed by atoms with Crippen molar-refractivity contribution in [2.45, 2.75) is 6.92 Å². The van der Waals surface area contributed by atoms with Crippen LogP contribution in [-0.4, -0.2) is 0 Å². The molecule has 0 radical (unpaired) electrons. The van der Waals surface area contributed by atoms with Crippen LogP contribution in [0.3, 0.4) is 0 Å². The Hall–Kier alpha value is -5.24. The molecule has 208 valence electrons. The fourth-order valence-corrected chi connectivity index (χ4v) is 8.11. The van der Waals surface area contributed by atoms with Gasteiger partial charge in [0.05, 0.1) is 0 Å². The zero-order valence-electron chi connectivity index (χ0n) is 24.5. The molecule has 0 saturated carbocycles. The maximum atomic E-state index is 4.24. The normalized spacial score (nSPS) is 12.0. The molecule has 8 rings (SSSR count). The summed E-state index contributed by atoms with van der Waals surface area (Å²) >= 11 is 1.90. The molecule has 1 heterocycles. The number of allylic oxidation sites excluding steroid dienone is 1. The van der Waals surface area contributed by atoms with Crippen molar-refractivity contribution in [3.63, 3.8) is 0 Å². The second kappa shape index (κ2) is 10.8. The molecule has 0 fully saturated rings. The third-order valence-electron chi connectivity index (χ3n) is 8.83. The van der Waals surface area contributed by atoms with Crippen LogP contribution in [-0.2, 0) is 0 Å². The summed E-state index contributed by atoms with van der Waals surface area (Å²) < 4.78 is 2.66. The van der Waals surface area contributed by atoms with Crippen molar-refractivity contribution in [3.05, 3.63) is 163 Å². The minimum absolute atomic E-state index is 1.18. The van der Waals surface area contributed by atoms with Crippen molar-refractivity contribution in [2.75, 3.05) is 0 Å². The predicted octanol–water partition coefficient (Wildman–Crippen LogP) is 12.9. The molecule has 0 aliphatic heterocycles. The topological polar surface area (TPSA) is 0 Å². The molecule has 0 amide bonds. The van der Waals surface area contributed by atoms with Crippen LogP contribution >= 0.6 is 11.3 Å². The molecular weight excluding hydrogens is 549 g/mol. The second-order valence-corrected chi connectivity index (χ2v) is 12.4. The summed E-state index contributed by atoms with van der Waals surface area (Å²) in [5.74, 6) is 0. The highest BCUT2D eigenvalue weighted by Crippen LogP contribution is 2.44. The van der Waals surface area contributed by atoms with Gasteiger partial charge in [0.25, 0.3) is 0 Å². The fourth-order valence-electron chi connectivity index (χ4n) is 6.70. The van der Waals surface area contributed by atoms with Crippen molar-refractivity contribution in [1.29, 1.82) is 0 Å². The number of hydrogen-bond donors (Lipinski definition) is 0. The molecule has 0 spiro atoms. The number of benzene rings is 7. The van der Waals surface area contributed by atoms with E-state index in [1.165, 1.54) is 86.2 Å². The van der Waals surface area contributed by atoms with Crippen LogP contribution < -0.4 is 0 Å². The number of fused-ring (bicyclic) bond motifs is 6. The van der Waals surface area contributed by atoms with Crippen LogP contribution in [0.5, 0.6) is 0 Å². The lowest BCUT2D eigenvalue weighted by atomic mass is 9.90. The van der Waals surface area contributed by atoms with Crippen molar-refractivity contribution in [1.82, 2.24) is 0 Å². The highest BCUT2D eigenvalue weighted by Gasteiger charge is 2.15. The summed E-state index contributed by atoms with van der Waals surface area (Å²) in [7, 11) is 0. The van der Waals surface area contributed by atoms with Crippen LogP contribution in [0.15, 0.2) is 146 Å². The number of rotatable bonds is 5. The van der Waals surface area contributed by atoms with Gasteiger partial charge in [-0.25, -0.2) is 0 Å². The lowest BCUT2D eigenvalue weighted by Crippen LogP contribution is -1.90. The zero-order chi connectivity index (χ0) is 29.6. The SMILES string of the molecule is C=Cc1c(/C=C(\C)c2cccc3c2sc2c(-c4ccc(-c5ccccc5)cc4)cccc23)c2ccccc2c2ccccc12. The Labute approximate surface area is 261 Å². The molecule has 0 nitrogen and oxygen atoms in total. The molecule has 8 aromatic rings. The van der Waals surface area contributed by atoms with Gasteiger partial charge in [0.2, 0.25) is 0 Å². The Morgan fingerprint density at radius 2 is 1.00 bits per heavy atom. The van der Waals surface area contributed by atoms with E-state index in [0.29, 0.717) is 0 Å². The Kier molecular flexibility index (Phi) is 6.47. The second-order valence-electron chi connectivity index (χ2n) is 11.4. The molecule has 0 unspecified atom stereocenters. The first-order chi connectivity index (χ1) is 21.7. The van der Waals surface area contributed by atoms with E-state index in [0.717, 1.165) is 0 Å². The summed E-state index contributed by atoms with van der Waals surface area (Å²) in [6.45, 7) is 6.49. The van der Waals surface area contributed by atoms with Crippen LogP contribution in [0.2, 0.25) is 0 Å². The summed E-state index contributed by atoms with van der Waals surface area (Å²) in [5, 5.41) is 7.66. The van der Waals surface area contributed by atoms with Gasteiger partial charge in [-0.15, -0.1) is 11.3 Å². The van der Waals surface area contributed by atoms with E-state index in [9.17, 15) is 0 Å². The number of thiophene rings is 1. The third kappa shape index (κ3) is 4.28. The van der Waals surface area contributed by atoms with Gasteiger partial charge in [-0.2, -0.15) is 0 Å². The van der Waals surface area contributed by atoms with Crippen LogP contribution in [0.4, 0.5) is 0 Å². The molecule has 0 atom stereocenters. The van der Waals surface area contributed by atoms with E-state index in [1.807, 2.05) is 17.4 Å². The van der Waals surface area contributed by atoms with Crippen molar-refractivity contribution < 1.29 is 0 Å². The van der Waals surface area contributed by atoms with Gasteiger partial charge in [0.15, 0.2) is 0 Å². The Morgan fingerprint density at radius 1 is 0.477 bits per heavy atom. The van der Waals surface area contributed by atoms with Gasteiger partial charge in [0.1, 0.15) is 0 Å². The van der Waals surface area contributed by atoms with Crippen molar-refractivity contribution in [3.8, 4) is 22.3 Å². The monoisotopic (exact) mass is 578 g/mol. The first-order valence-corrected chi connectivity index (χ1v) is 15.9. The molecule has 7 aromatic carbocycles. The Bertz CT molecular complexity index is 2390. The van der Waals surface area contributed by atoms with Crippen LogP contribution in [0, 0.1) is 0 Å². The van der Waals surface area contributed by atoms with Gasteiger partial charge in [-0.3, -0.25) is 0 Å². The van der Waals surface area contributed by atoms with Gasteiger partial charge in [-0.05, 0) is 73.0 Å². The standard InChI is InChI=1S/C43H30S/c1-3-32-35-15-7-8-16-36(35)37-17-9-10-18-38(37)41(32)27-28(2)33-19-11-21-39-40-22-12-20-34(43(40)44-42(33)39)31-25-23-30(24-26-31)29-13-5-4-6-14-29/h3-27H,1H2,2H3/b28-27+. The summed E-state index contributed by atoms with van der Waals surface area (Å²) in [4.78, 5) is 0. The lowest BCUT2D eigenvalue weighted by molar-refractivity contribution is 1.61. The maximum absolute atomic E-state index is 4.24. The highest BCUT2D eigenvalue weighted by atomic mass is 32.1. The molecular formula is C43H30S. The lowest BCUT2D eigenvalue weighted by Gasteiger charge is -2.14. The van der Waals surface area contributed by atoms with E-state index in [1.54, 1.807) is 0 Å². The Balaban J connectivity index is 1.29. The third-order valence-corrected chi connectivity index (χ3v) is 10.1. The minimum atomic E-state index is 1.18. The van der Waals surface area contributed by atoms with Gasteiger partial charge < -0.3 is 0 Å². The average molecular weight is 579 g/mol. The summed E-state index contributed by atoms with van der Waals surface area (Å²) in [5.41, 5.74) is 9.94. The highest BCUT2D eigenvalue weighted by molar-refractivity contribution is 7.26. The van der Waals surface area contributed by atoms with Crippen LogP contribution in [0.1, 0.15) is 23.6 Å². The molecule has 0 aliphatic rings. The first kappa shape index (κ1) is 26.4. The van der Waals surface area contributed by atoms with Crippen molar-refractivity contribution >= 4 is 70.8 Å². The van der Waals surface area contributed by atoms with E-state index < -0.39 is 0 Å². The molecule has 0 N–H and O–H groups in total. The molecule has 0 bridgehead atoms. The largest absolute Gasteiger partial charge is 0.134 e. The smallest absolute Gasteiger partial charge is 0.0434 e. The van der Waals surface area contributed by atoms with Crippen molar-refractivity contribution in [2.24, 2.45) is 0 Å². The van der Waals surface area contributed by atoms with Gasteiger partial charge in [-0.1, -0.05) is 158 Å². The molecule has 1 heteroatoms. The first-order valence-electron chi connectivity index (χ1n) is 15.1. The molecule has 44 heavy (non-hydrogen) atoms. The van der Waals surface area contributed by atoms with Gasteiger partial charge in [0, 0.05) is 20.2 Å². The average Bonchev–Trinajstić information content (AvgIpc) is 3.48. The van der Waals surface area contributed by atoms with Gasteiger partial charge >= 0.3 is 0 Å². The van der Waals surface area contributed by atoms with E-state index in [-0.39, 0.29) is 0 Å². The quantitative estimate of drug-likeness (QED) is 0.141. The maximum Gasteiger partial charge on any atom is 0.0434 e. The molecule has 0 aliphatic carbocycles. The number of hydrogen-bond acceptors (Lipinski definition) is 1. The minimum Gasteiger partial charge on any atom is -0.134 e. The summed E-state index contributed by atoms with van der Waals surface area (Å²) in [6.07, 6.45) is 4.39. The summed E-state index contributed by atoms with van der Waals surface area (Å²) in [6, 6.07) is 50.5. The molecule has 0 saturated heterocycles. The Morgan fingerprint density at radius 3 is 1.68 bits per heavy atom. The zero-order valence-corrected chi connectivity index (χ0v) is 25.4. The van der Waals surface area contributed by atoms with Crippen LogP contribution in [0.25, 0.3) is 81.7 Å². The van der Waals surface area contributed by atoms with E-state index in [2.05, 4.69) is 159 Å². The van der Waals surface area contributed by atoms with E-state index >= 15 is 0 Å². The van der Waals surface area contributed by atoms with E-state index in [4.69, 9.17) is 0 Å². The fraction of sp³-hybridized carbons (Fsp3) is 0.0233. The predicted molar refractivity (Wildman–Crippen MR) is 195 cm³/mol.